The van der Waals surface area contributed by atoms with Crippen molar-refractivity contribution in [2.75, 3.05) is 0 Å². The van der Waals surface area contributed by atoms with Crippen LogP contribution in [0.25, 0.3) is 0 Å². The molecule has 0 spiro atoms. The van der Waals surface area contributed by atoms with Gasteiger partial charge in [0.05, 0.1) is 9.50 Å². The van der Waals surface area contributed by atoms with Crippen LogP contribution in [0.3, 0.4) is 0 Å². The summed E-state index contributed by atoms with van der Waals surface area (Å²) in [5.74, 6) is 0. The van der Waals surface area contributed by atoms with Gasteiger partial charge in [-0.1, -0.05) is 18.2 Å². The van der Waals surface area contributed by atoms with Crippen LogP contribution in [0.2, 0.25) is 0 Å². The second-order valence-corrected chi connectivity index (χ2v) is 5.57. The molecule has 1 aromatic carbocycles. The highest BCUT2D eigenvalue weighted by molar-refractivity contribution is 9.10. The van der Waals surface area contributed by atoms with Crippen LogP contribution < -0.4 is 0 Å². The van der Waals surface area contributed by atoms with E-state index in [4.69, 9.17) is 0 Å². The molecule has 0 saturated heterocycles. The fourth-order valence-corrected chi connectivity index (χ4v) is 3.34. The van der Waals surface area contributed by atoms with Crippen molar-refractivity contribution in [1.82, 2.24) is 3.97 Å². The monoisotopic (exact) mass is 285 g/mol. The van der Waals surface area contributed by atoms with Crippen molar-refractivity contribution >= 4 is 26.0 Å². The van der Waals surface area contributed by atoms with Crippen LogP contribution >= 0.6 is 15.9 Å². The van der Waals surface area contributed by atoms with Crippen LogP contribution in [0, 0.1) is 0 Å². The average Bonchev–Trinajstić information content (AvgIpc) is 2.66. The van der Waals surface area contributed by atoms with Gasteiger partial charge in [-0.3, -0.25) is 0 Å². The molecule has 1 aromatic heterocycles. The Kier molecular flexibility index (Phi) is 2.67. The highest BCUT2D eigenvalue weighted by Gasteiger charge is 2.17. The van der Waals surface area contributed by atoms with E-state index in [0.29, 0.717) is 4.60 Å². The number of nitrogens with zero attached hydrogens (tertiary/aromatic N) is 1. The fraction of sp³-hybridized carbons (Fsp3) is 0. The van der Waals surface area contributed by atoms with Gasteiger partial charge in [0, 0.05) is 6.20 Å². The van der Waals surface area contributed by atoms with Gasteiger partial charge in [-0.05, 0) is 40.2 Å². The maximum absolute atomic E-state index is 12.0. The van der Waals surface area contributed by atoms with Crippen molar-refractivity contribution in [3.05, 3.63) is 53.3 Å². The summed E-state index contributed by atoms with van der Waals surface area (Å²) in [5, 5.41) is 0. The van der Waals surface area contributed by atoms with Gasteiger partial charge in [0.1, 0.15) is 0 Å². The molecule has 3 nitrogen and oxygen atoms in total. The van der Waals surface area contributed by atoms with Gasteiger partial charge in [0.15, 0.2) is 0 Å². The largest absolute Gasteiger partial charge is 0.268 e. The van der Waals surface area contributed by atoms with E-state index in [1.54, 1.807) is 42.5 Å². The van der Waals surface area contributed by atoms with Crippen molar-refractivity contribution in [2.45, 2.75) is 4.90 Å². The van der Waals surface area contributed by atoms with Gasteiger partial charge in [-0.2, -0.15) is 0 Å². The van der Waals surface area contributed by atoms with Crippen LogP contribution in [-0.2, 0) is 10.0 Å². The van der Waals surface area contributed by atoms with Crippen LogP contribution in [0.5, 0.6) is 0 Å². The third-order valence-corrected chi connectivity index (χ3v) is 4.55. The highest BCUT2D eigenvalue weighted by atomic mass is 79.9. The normalized spacial score (nSPS) is 11.5. The van der Waals surface area contributed by atoms with E-state index in [2.05, 4.69) is 15.9 Å². The molecule has 0 bridgehead atoms. The lowest BCUT2D eigenvalue weighted by Gasteiger charge is -2.06. The van der Waals surface area contributed by atoms with Gasteiger partial charge in [-0.25, -0.2) is 12.4 Å². The summed E-state index contributed by atoms with van der Waals surface area (Å²) in [4.78, 5) is 0.280. The Morgan fingerprint density at radius 1 is 1.00 bits per heavy atom. The number of rotatable bonds is 2. The minimum atomic E-state index is -3.46. The zero-order valence-corrected chi connectivity index (χ0v) is 10.1. The first-order chi connectivity index (χ1) is 7.12. The van der Waals surface area contributed by atoms with Crippen LogP contribution in [0.1, 0.15) is 0 Å². The number of hydrogen-bond donors (Lipinski definition) is 0. The first-order valence-corrected chi connectivity index (χ1v) is 6.49. The minimum absolute atomic E-state index is 0.280. The SMILES string of the molecule is O=S(=O)(c1ccccc1)n1cccc1Br. The molecule has 2 aromatic rings. The lowest BCUT2D eigenvalue weighted by molar-refractivity contribution is 0.586. The summed E-state index contributed by atoms with van der Waals surface area (Å²) >= 11 is 3.18. The standard InChI is InChI=1S/C10H8BrNO2S/c11-10-7-4-8-12(10)15(13,14)9-5-2-1-3-6-9/h1-8H. The smallest absolute Gasteiger partial charge is 0.235 e. The van der Waals surface area contributed by atoms with Gasteiger partial charge in [-0.15, -0.1) is 0 Å². The Labute approximate surface area is 96.5 Å². The molecule has 0 aliphatic heterocycles. The predicted molar refractivity (Wildman–Crippen MR) is 61.2 cm³/mol. The molecule has 0 amide bonds. The molecular weight excluding hydrogens is 278 g/mol. The Balaban J connectivity index is 2.60. The summed E-state index contributed by atoms with van der Waals surface area (Å²) in [6.07, 6.45) is 1.51. The second kappa shape index (κ2) is 3.83. The fourth-order valence-electron chi connectivity index (χ4n) is 1.25. The minimum Gasteiger partial charge on any atom is -0.235 e. The van der Waals surface area contributed by atoms with E-state index in [1.807, 2.05) is 0 Å². The number of halogens is 1. The molecule has 0 aliphatic rings. The van der Waals surface area contributed by atoms with E-state index >= 15 is 0 Å². The molecule has 78 valence electrons. The molecule has 0 saturated carbocycles. The van der Waals surface area contributed by atoms with E-state index in [-0.39, 0.29) is 4.90 Å². The molecule has 0 fully saturated rings. The van der Waals surface area contributed by atoms with Crippen molar-refractivity contribution < 1.29 is 8.42 Å². The molecular formula is C10H8BrNO2S. The molecule has 0 aliphatic carbocycles. The van der Waals surface area contributed by atoms with E-state index in [1.165, 1.54) is 10.2 Å². The first kappa shape index (κ1) is 10.4. The Hall–Kier alpha value is -1.07. The zero-order chi connectivity index (χ0) is 10.9. The van der Waals surface area contributed by atoms with Crippen molar-refractivity contribution in [3.63, 3.8) is 0 Å². The summed E-state index contributed by atoms with van der Waals surface area (Å²) in [7, 11) is -3.46. The van der Waals surface area contributed by atoms with Crippen molar-refractivity contribution in [3.8, 4) is 0 Å². The van der Waals surface area contributed by atoms with Gasteiger partial charge < -0.3 is 0 Å². The Morgan fingerprint density at radius 3 is 2.20 bits per heavy atom. The summed E-state index contributed by atoms with van der Waals surface area (Å²) in [6.45, 7) is 0. The highest BCUT2D eigenvalue weighted by Crippen LogP contribution is 2.19. The number of aromatic nitrogens is 1. The molecule has 15 heavy (non-hydrogen) atoms. The maximum atomic E-state index is 12.0. The van der Waals surface area contributed by atoms with E-state index < -0.39 is 10.0 Å². The summed E-state index contributed by atoms with van der Waals surface area (Å²) < 4.78 is 25.8. The van der Waals surface area contributed by atoms with Crippen molar-refractivity contribution in [2.24, 2.45) is 0 Å². The molecule has 5 heteroatoms. The van der Waals surface area contributed by atoms with E-state index in [9.17, 15) is 8.42 Å². The summed E-state index contributed by atoms with van der Waals surface area (Å²) in [6, 6.07) is 11.7. The lowest BCUT2D eigenvalue weighted by atomic mass is 10.4. The van der Waals surface area contributed by atoms with Crippen LogP contribution in [-0.4, -0.2) is 12.4 Å². The summed E-state index contributed by atoms with van der Waals surface area (Å²) in [5.41, 5.74) is 0. The number of hydrogen-bond acceptors (Lipinski definition) is 2. The Morgan fingerprint density at radius 2 is 1.67 bits per heavy atom. The van der Waals surface area contributed by atoms with Crippen LogP contribution in [0.15, 0.2) is 58.2 Å². The zero-order valence-electron chi connectivity index (χ0n) is 7.67. The van der Waals surface area contributed by atoms with Gasteiger partial charge in [0.25, 0.3) is 10.0 Å². The molecule has 0 unspecified atom stereocenters. The topological polar surface area (TPSA) is 39.1 Å². The van der Waals surface area contributed by atoms with Gasteiger partial charge >= 0.3 is 0 Å². The Bertz CT molecular complexity index is 560. The molecule has 1 heterocycles. The first-order valence-electron chi connectivity index (χ1n) is 4.26. The maximum Gasteiger partial charge on any atom is 0.268 e. The molecule has 0 radical (unpaired) electrons. The van der Waals surface area contributed by atoms with Crippen molar-refractivity contribution in [1.29, 1.82) is 0 Å². The molecule has 2 rings (SSSR count). The lowest BCUT2D eigenvalue weighted by Crippen LogP contribution is -2.11. The molecule has 0 atom stereocenters. The predicted octanol–water partition coefficient (Wildman–Crippen LogP) is 2.49. The second-order valence-electron chi connectivity index (χ2n) is 2.94. The number of benzene rings is 1. The quantitative estimate of drug-likeness (QED) is 0.850. The third kappa shape index (κ3) is 1.85. The average molecular weight is 286 g/mol. The van der Waals surface area contributed by atoms with Crippen LogP contribution in [0.4, 0.5) is 0 Å². The van der Waals surface area contributed by atoms with Gasteiger partial charge in [0.2, 0.25) is 0 Å². The van der Waals surface area contributed by atoms with E-state index in [0.717, 1.165) is 0 Å². The third-order valence-electron chi connectivity index (χ3n) is 1.97. The molecule has 0 N–H and O–H groups in total.